The first-order valence-corrected chi connectivity index (χ1v) is 6.43. The number of carbonyl (C=O) groups is 1. The van der Waals surface area contributed by atoms with Crippen molar-refractivity contribution in [2.75, 3.05) is 25.2 Å². The maximum atomic E-state index is 10.7. The number of hydrogen-bond donors (Lipinski definition) is 0. The Labute approximate surface area is 111 Å². The lowest BCUT2D eigenvalue weighted by Gasteiger charge is -2.30. The van der Waals surface area contributed by atoms with Crippen LogP contribution in [0.25, 0.3) is 0 Å². The van der Waals surface area contributed by atoms with Gasteiger partial charge in [-0.15, -0.1) is 0 Å². The Kier molecular flexibility index (Phi) is 5.65. The molecule has 0 amide bonds. The smallest absolute Gasteiger partial charge is 0.150 e. The molecule has 0 aliphatic rings. The molecule has 0 saturated heterocycles. The summed E-state index contributed by atoms with van der Waals surface area (Å²) in [5, 5.41) is 0. The lowest BCUT2D eigenvalue weighted by Crippen LogP contribution is -2.36. The zero-order chi connectivity index (χ0) is 12.8. The van der Waals surface area contributed by atoms with Gasteiger partial charge < -0.3 is 9.64 Å². The van der Waals surface area contributed by atoms with Crippen LogP contribution in [0.3, 0.4) is 0 Å². The first-order chi connectivity index (χ1) is 8.13. The van der Waals surface area contributed by atoms with E-state index in [1.165, 1.54) is 0 Å². The van der Waals surface area contributed by atoms with Gasteiger partial charge in [0.15, 0.2) is 0 Å². The molecule has 0 aliphatic heterocycles. The van der Waals surface area contributed by atoms with Crippen LogP contribution in [-0.4, -0.2) is 32.6 Å². The molecule has 1 unspecified atom stereocenters. The number of anilines is 1. The maximum Gasteiger partial charge on any atom is 0.150 e. The second-order valence-electron chi connectivity index (χ2n) is 3.92. The highest BCUT2D eigenvalue weighted by atomic mass is 79.9. The molecule has 0 fully saturated rings. The summed E-state index contributed by atoms with van der Waals surface area (Å²) in [4.78, 5) is 12.9. The van der Waals surface area contributed by atoms with E-state index in [2.05, 4.69) is 34.7 Å². The monoisotopic (exact) mass is 299 g/mol. The standard InChI is InChI=1S/C13H18BrNO2/c1-4-15(10(2)9-17-3)13-6-5-11(8-16)7-12(13)14/h5-8,10H,4,9H2,1-3H3. The largest absolute Gasteiger partial charge is 0.383 e. The Balaban J connectivity index is 2.99. The Hall–Kier alpha value is -0.870. The Morgan fingerprint density at radius 3 is 2.71 bits per heavy atom. The van der Waals surface area contributed by atoms with Crippen LogP contribution < -0.4 is 4.90 Å². The third kappa shape index (κ3) is 3.54. The predicted octanol–water partition coefficient (Wildman–Crippen LogP) is 3.12. The highest BCUT2D eigenvalue weighted by molar-refractivity contribution is 9.10. The molecule has 17 heavy (non-hydrogen) atoms. The number of likely N-dealkylation sites (N-methyl/N-ethyl adjacent to an activating group) is 1. The van der Waals surface area contributed by atoms with E-state index in [1.807, 2.05) is 18.2 Å². The summed E-state index contributed by atoms with van der Waals surface area (Å²) in [5.74, 6) is 0. The molecule has 0 bridgehead atoms. The molecule has 0 heterocycles. The maximum absolute atomic E-state index is 10.7. The lowest BCUT2D eigenvalue weighted by atomic mass is 10.2. The molecule has 1 rings (SSSR count). The molecule has 0 saturated carbocycles. The molecule has 1 aromatic carbocycles. The van der Waals surface area contributed by atoms with Gasteiger partial charge in [0.1, 0.15) is 6.29 Å². The predicted molar refractivity (Wildman–Crippen MR) is 73.9 cm³/mol. The minimum absolute atomic E-state index is 0.295. The van der Waals surface area contributed by atoms with Crippen molar-refractivity contribution < 1.29 is 9.53 Å². The van der Waals surface area contributed by atoms with Crippen LogP contribution in [0.2, 0.25) is 0 Å². The van der Waals surface area contributed by atoms with Crippen molar-refractivity contribution in [3.63, 3.8) is 0 Å². The van der Waals surface area contributed by atoms with Gasteiger partial charge in [0.05, 0.1) is 12.3 Å². The number of ether oxygens (including phenoxy) is 1. The van der Waals surface area contributed by atoms with Crippen molar-refractivity contribution in [2.45, 2.75) is 19.9 Å². The van der Waals surface area contributed by atoms with Crippen LogP contribution in [0.4, 0.5) is 5.69 Å². The van der Waals surface area contributed by atoms with Crippen LogP contribution in [0.5, 0.6) is 0 Å². The number of benzene rings is 1. The highest BCUT2D eigenvalue weighted by Gasteiger charge is 2.15. The average molecular weight is 300 g/mol. The molecule has 0 aliphatic carbocycles. The van der Waals surface area contributed by atoms with Crippen LogP contribution in [0.1, 0.15) is 24.2 Å². The molecule has 4 heteroatoms. The molecule has 1 aromatic rings. The zero-order valence-electron chi connectivity index (χ0n) is 10.4. The van der Waals surface area contributed by atoms with E-state index in [1.54, 1.807) is 7.11 Å². The van der Waals surface area contributed by atoms with E-state index < -0.39 is 0 Å². The molecule has 1 atom stereocenters. The van der Waals surface area contributed by atoms with Gasteiger partial charge in [-0.3, -0.25) is 4.79 Å². The number of hydrogen-bond acceptors (Lipinski definition) is 3. The molecule has 3 nitrogen and oxygen atoms in total. The summed E-state index contributed by atoms with van der Waals surface area (Å²) in [6.07, 6.45) is 0.851. The van der Waals surface area contributed by atoms with Crippen LogP contribution in [-0.2, 0) is 4.74 Å². The Bertz CT molecular complexity index is 382. The number of rotatable bonds is 6. The SMILES string of the molecule is CCN(c1ccc(C=O)cc1Br)C(C)COC. The topological polar surface area (TPSA) is 29.5 Å². The van der Waals surface area contributed by atoms with Gasteiger partial charge in [0, 0.05) is 29.7 Å². The van der Waals surface area contributed by atoms with Crippen LogP contribution in [0.15, 0.2) is 22.7 Å². The molecular weight excluding hydrogens is 282 g/mol. The van der Waals surface area contributed by atoms with Crippen molar-refractivity contribution >= 4 is 27.9 Å². The summed E-state index contributed by atoms with van der Waals surface area (Å²) in [6.45, 7) is 5.79. The fourth-order valence-corrected chi connectivity index (χ4v) is 2.50. The third-order valence-corrected chi connectivity index (χ3v) is 3.33. The highest BCUT2D eigenvalue weighted by Crippen LogP contribution is 2.28. The van der Waals surface area contributed by atoms with E-state index in [9.17, 15) is 4.79 Å². The first kappa shape index (κ1) is 14.2. The van der Waals surface area contributed by atoms with E-state index in [0.29, 0.717) is 18.2 Å². The number of nitrogens with zero attached hydrogens (tertiary/aromatic N) is 1. The fraction of sp³-hybridized carbons (Fsp3) is 0.462. The molecule has 0 N–H and O–H groups in total. The van der Waals surface area contributed by atoms with E-state index in [4.69, 9.17) is 4.74 Å². The third-order valence-electron chi connectivity index (χ3n) is 2.70. The Morgan fingerprint density at radius 2 is 2.24 bits per heavy atom. The normalized spacial score (nSPS) is 12.2. The number of halogens is 1. The number of aldehydes is 1. The quantitative estimate of drug-likeness (QED) is 0.756. The molecular formula is C13H18BrNO2. The Morgan fingerprint density at radius 1 is 1.53 bits per heavy atom. The second kappa shape index (κ2) is 6.77. The van der Waals surface area contributed by atoms with E-state index in [0.717, 1.165) is 23.0 Å². The summed E-state index contributed by atoms with van der Waals surface area (Å²) < 4.78 is 6.12. The van der Waals surface area contributed by atoms with Gasteiger partial charge in [-0.2, -0.15) is 0 Å². The molecule has 94 valence electrons. The minimum atomic E-state index is 0.295. The lowest BCUT2D eigenvalue weighted by molar-refractivity contribution is 0.112. The molecule has 0 aromatic heterocycles. The van der Waals surface area contributed by atoms with Gasteiger partial charge in [-0.25, -0.2) is 0 Å². The van der Waals surface area contributed by atoms with Crippen LogP contribution in [0, 0.1) is 0 Å². The summed E-state index contributed by atoms with van der Waals surface area (Å²) >= 11 is 3.51. The van der Waals surface area contributed by atoms with Crippen molar-refractivity contribution in [1.29, 1.82) is 0 Å². The minimum Gasteiger partial charge on any atom is -0.383 e. The van der Waals surface area contributed by atoms with Gasteiger partial charge in [-0.05, 0) is 48.0 Å². The first-order valence-electron chi connectivity index (χ1n) is 5.64. The zero-order valence-corrected chi connectivity index (χ0v) is 12.0. The van der Waals surface area contributed by atoms with Crippen molar-refractivity contribution in [3.8, 4) is 0 Å². The van der Waals surface area contributed by atoms with Crippen LogP contribution >= 0.6 is 15.9 Å². The number of carbonyl (C=O) groups excluding carboxylic acids is 1. The van der Waals surface area contributed by atoms with E-state index in [-0.39, 0.29) is 0 Å². The summed E-state index contributed by atoms with van der Waals surface area (Å²) in [7, 11) is 1.70. The van der Waals surface area contributed by atoms with Crippen molar-refractivity contribution in [2.24, 2.45) is 0 Å². The number of methoxy groups -OCH3 is 1. The van der Waals surface area contributed by atoms with Gasteiger partial charge in [-0.1, -0.05) is 0 Å². The van der Waals surface area contributed by atoms with Crippen molar-refractivity contribution in [1.82, 2.24) is 0 Å². The van der Waals surface area contributed by atoms with Gasteiger partial charge in [0.2, 0.25) is 0 Å². The van der Waals surface area contributed by atoms with E-state index >= 15 is 0 Å². The summed E-state index contributed by atoms with van der Waals surface area (Å²) in [5.41, 5.74) is 1.76. The van der Waals surface area contributed by atoms with Crippen molar-refractivity contribution in [3.05, 3.63) is 28.2 Å². The molecule has 0 radical (unpaired) electrons. The second-order valence-corrected chi connectivity index (χ2v) is 4.77. The average Bonchev–Trinajstić information content (AvgIpc) is 2.32. The fourth-order valence-electron chi connectivity index (χ4n) is 1.88. The van der Waals surface area contributed by atoms with Gasteiger partial charge >= 0.3 is 0 Å². The summed E-state index contributed by atoms with van der Waals surface area (Å²) in [6, 6.07) is 5.92. The van der Waals surface area contributed by atoms with Gasteiger partial charge in [0.25, 0.3) is 0 Å². The molecule has 0 spiro atoms.